The highest BCUT2D eigenvalue weighted by Crippen LogP contribution is 2.36. The first-order chi connectivity index (χ1) is 19.8. The zero-order chi connectivity index (χ0) is 28.1. The van der Waals surface area contributed by atoms with Crippen LogP contribution in [0.25, 0.3) is 55.6 Å². The summed E-state index contributed by atoms with van der Waals surface area (Å²) in [5, 5.41) is 9.41. The molecule has 0 saturated carbocycles. The van der Waals surface area contributed by atoms with Crippen molar-refractivity contribution in [3.63, 3.8) is 0 Å². The number of methoxy groups -OCH3 is 1. The molecule has 0 unspecified atom stereocenters. The van der Waals surface area contributed by atoms with Crippen LogP contribution < -0.4 is 4.74 Å². The van der Waals surface area contributed by atoms with Crippen molar-refractivity contribution in [1.82, 2.24) is 30.0 Å². The van der Waals surface area contributed by atoms with Gasteiger partial charge in [-0.15, -0.1) is 0 Å². The second kappa shape index (κ2) is 9.74. The van der Waals surface area contributed by atoms with Gasteiger partial charge in [0.05, 0.1) is 36.8 Å². The summed E-state index contributed by atoms with van der Waals surface area (Å²) >= 11 is 0. The van der Waals surface area contributed by atoms with E-state index < -0.39 is 5.92 Å². The number of pyridine rings is 2. The van der Waals surface area contributed by atoms with E-state index in [1.165, 1.54) is 19.2 Å². The van der Waals surface area contributed by atoms with Crippen molar-refractivity contribution in [3.05, 3.63) is 84.6 Å². The molecule has 1 aliphatic heterocycles. The lowest BCUT2D eigenvalue weighted by Crippen LogP contribution is -2.24. The van der Waals surface area contributed by atoms with Gasteiger partial charge in [0.2, 0.25) is 0 Å². The molecule has 6 aromatic rings. The van der Waals surface area contributed by atoms with E-state index in [9.17, 15) is 13.2 Å². The number of alkyl halides is 2. The monoisotopic (exact) mass is 554 g/mol. The number of aromatic amines is 2. The Morgan fingerprint density at radius 1 is 0.976 bits per heavy atom. The van der Waals surface area contributed by atoms with Crippen molar-refractivity contribution in [2.45, 2.75) is 18.9 Å². The first-order valence-electron chi connectivity index (χ1n) is 13.2. The largest absolute Gasteiger partial charge is 0.497 e. The number of benzene rings is 2. The number of nitrogens with zero attached hydrogens (tertiary/aromatic N) is 4. The van der Waals surface area contributed by atoms with Crippen molar-refractivity contribution >= 4 is 21.8 Å². The van der Waals surface area contributed by atoms with Crippen molar-refractivity contribution in [3.8, 4) is 39.5 Å². The van der Waals surface area contributed by atoms with Gasteiger partial charge in [0.1, 0.15) is 17.3 Å². The topological polar surface area (TPSA) is 82.7 Å². The molecule has 41 heavy (non-hydrogen) atoms. The van der Waals surface area contributed by atoms with Gasteiger partial charge in [0.25, 0.3) is 5.92 Å². The van der Waals surface area contributed by atoms with Crippen LogP contribution in [0, 0.1) is 5.82 Å². The molecule has 7 nitrogen and oxygen atoms in total. The molecule has 0 bridgehead atoms. The van der Waals surface area contributed by atoms with Crippen molar-refractivity contribution < 1.29 is 17.9 Å². The average molecular weight is 555 g/mol. The molecule has 1 aliphatic rings. The maximum absolute atomic E-state index is 14.3. The quantitative estimate of drug-likeness (QED) is 0.236. The summed E-state index contributed by atoms with van der Waals surface area (Å²) in [6, 6.07) is 16.4. The van der Waals surface area contributed by atoms with Gasteiger partial charge < -0.3 is 9.72 Å². The maximum atomic E-state index is 14.3. The first-order valence-corrected chi connectivity index (χ1v) is 13.2. The standard InChI is InChI=1S/C31H25F3N6O/c1-41-22-9-19(8-21(32)10-22)23-3-2-4-26-24(23)11-28(37-26)30-25-12-27(36-15-29(25)38-39-30)20-7-18(13-35-14-20)16-40-6-5-31(33,34)17-40/h2-4,7-15,37H,5-6,16-17H2,1H3,(H,38,39). The number of likely N-dealkylation sites (tertiary alicyclic amines) is 1. The van der Waals surface area contributed by atoms with Crippen molar-refractivity contribution in [2.24, 2.45) is 0 Å². The number of hydrogen-bond donors (Lipinski definition) is 2. The van der Waals surface area contributed by atoms with Crippen LogP contribution in [-0.4, -0.2) is 56.2 Å². The molecule has 0 aliphatic carbocycles. The highest BCUT2D eigenvalue weighted by molar-refractivity contribution is 6.01. The molecule has 1 fully saturated rings. The Hall–Kier alpha value is -4.70. The van der Waals surface area contributed by atoms with E-state index in [4.69, 9.17) is 4.74 Å². The van der Waals surface area contributed by atoms with Gasteiger partial charge in [-0.2, -0.15) is 5.10 Å². The van der Waals surface area contributed by atoms with Crippen molar-refractivity contribution in [2.75, 3.05) is 20.2 Å². The zero-order valence-corrected chi connectivity index (χ0v) is 22.1. The minimum Gasteiger partial charge on any atom is -0.497 e. The minimum atomic E-state index is -2.64. The minimum absolute atomic E-state index is 0.118. The van der Waals surface area contributed by atoms with E-state index in [1.807, 2.05) is 42.5 Å². The van der Waals surface area contributed by atoms with Crippen LogP contribution in [0.5, 0.6) is 5.75 Å². The number of H-pyrrole nitrogens is 2. The smallest absolute Gasteiger partial charge is 0.261 e. The molecule has 7 rings (SSSR count). The zero-order valence-electron chi connectivity index (χ0n) is 22.1. The highest BCUT2D eigenvalue weighted by Gasteiger charge is 2.37. The Morgan fingerprint density at radius 3 is 2.71 bits per heavy atom. The van der Waals surface area contributed by atoms with Crippen LogP contribution >= 0.6 is 0 Å². The highest BCUT2D eigenvalue weighted by atomic mass is 19.3. The summed E-state index contributed by atoms with van der Waals surface area (Å²) in [7, 11) is 1.51. The second-order valence-corrected chi connectivity index (χ2v) is 10.4. The Bertz CT molecular complexity index is 1910. The Morgan fingerprint density at radius 2 is 1.88 bits per heavy atom. The predicted molar refractivity (Wildman–Crippen MR) is 151 cm³/mol. The third kappa shape index (κ3) is 4.80. The molecule has 1 saturated heterocycles. The molecule has 5 heterocycles. The third-order valence-corrected chi connectivity index (χ3v) is 7.53. The van der Waals surface area contributed by atoms with Crippen LogP contribution in [0.4, 0.5) is 13.2 Å². The first kappa shape index (κ1) is 25.3. The van der Waals surface area contributed by atoms with Gasteiger partial charge >= 0.3 is 0 Å². The van der Waals surface area contributed by atoms with Gasteiger partial charge in [0.15, 0.2) is 0 Å². The van der Waals surface area contributed by atoms with Crippen LogP contribution in [0.1, 0.15) is 12.0 Å². The summed E-state index contributed by atoms with van der Waals surface area (Å²) < 4.78 is 46.9. The summed E-state index contributed by atoms with van der Waals surface area (Å²) in [6.07, 6.45) is 5.03. The molecule has 0 spiro atoms. The maximum Gasteiger partial charge on any atom is 0.261 e. The molecular weight excluding hydrogens is 529 g/mol. The van der Waals surface area contributed by atoms with Gasteiger partial charge in [-0.05, 0) is 53.1 Å². The molecular formula is C31H25F3N6O. The van der Waals surface area contributed by atoms with E-state index >= 15 is 0 Å². The number of nitrogens with one attached hydrogen (secondary N) is 2. The summed E-state index contributed by atoms with van der Waals surface area (Å²) in [6.45, 7) is 0.530. The molecule has 2 N–H and O–H groups in total. The average Bonchev–Trinajstić information content (AvgIpc) is 3.68. The number of rotatable bonds is 6. The summed E-state index contributed by atoms with van der Waals surface area (Å²) in [5.74, 6) is -2.56. The van der Waals surface area contributed by atoms with Crippen LogP contribution in [0.2, 0.25) is 0 Å². The SMILES string of the molecule is COc1cc(F)cc(-c2cccc3[nH]c(-c4n[nH]c5cnc(-c6cncc(CN7CCC(F)(F)C7)c6)cc45)cc23)c1. The van der Waals surface area contributed by atoms with Gasteiger partial charge in [-0.1, -0.05) is 12.1 Å². The van der Waals surface area contributed by atoms with Gasteiger partial charge in [-0.3, -0.25) is 20.0 Å². The molecule has 4 aromatic heterocycles. The molecule has 0 radical (unpaired) electrons. The van der Waals surface area contributed by atoms with E-state index in [2.05, 4.69) is 25.1 Å². The fourth-order valence-electron chi connectivity index (χ4n) is 5.56. The third-order valence-electron chi connectivity index (χ3n) is 7.53. The van der Waals surface area contributed by atoms with Crippen molar-refractivity contribution in [1.29, 1.82) is 0 Å². The van der Waals surface area contributed by atoms with E-state index in [0.717, 1.165) is 44.2 Å². The van der Waals surface area contributed by atoms with Gasteiger partial charge in [0, 0.05) is 59.8 Å². The molecule has 2 aromatic carbocycles. The number of ether oxygens (including phenoxy) is 1. The predicted octanol–water partition coefficient (Wildman–Crippen LogP) is 6.82. The number of fused-ring (bicyclic) bond motifs is 2. The lowest BCUT2D eigenvalue weighted by molar-refractivity contribution is 0.0115. The number of hydrogen-bond acceptors (Lipinski definition) is 5. The fourth-order valence-corrected chi connectivity index (χ4v) is 5.56. The van der Waals surface area contributed by atoms with E-state index in [1.54, 1.807) is 23.5 Å². The Kier molecular flexibility index (Phi) is 6.01. The summed E-state index contributed by atoms with van der Waals surface area (Å²) in [5.41, 5.74) is 7.08. The van der Waals surface area contributed by atoms with Crippen LogP contribution in [-0.2, 0) is 6.54 Å². The van der Waals surface area contributed by atoms with E-state index in [0.29, 0.717) is 35.8 Å². The Labute approximate surface area is 233 Å². The second-order valence-electron chi connectivity index (χ2n) is 10.4. The number of halogens is 3. The summed E-state index contributed by atoms with van der Waals surface area (Å²) in [4.78, 5) is 14.2. The fraction of sp³-hybridized carbons (Fsp3) is 0.194. The van der Waals surface area contributed by atoms with Gasteiger partial charge in [-0.25, -0.2) is 13.2 Å². The number of aromatic nitrogens is 5. The van der Waals surface area contributed by atoms with Crippen LogP contribution in [0.3, 0.4) is 0 Å². The molecule has 0 amide bonds. The Balaban J connectivity index is 1.25. The van der Waals surface area contributed by atoms with Crippen LogP contribution in [0.15, 0.2) is 73.2 Å². The molecule has 0 atom stereocenters. The molecule has 10 heteroatoms. The normalized spacial score (nSPS) is 15.2. The lowest BCUT2D eigenvalue weighted by Gasteiger charge is -2.15. The lowest BCUT2D eigenvalue weighted by atomic mass is 10.0. The molecule has 206 valence electrons. The van der Waals surface area contributed by atoms with E-state index in [-0.39, 0.29) is 18.8 Å².